The summed E-state index contributed by atoms with van der Waals surface area (Å²) in [5, 5.41) is 0. The first-order chi connectivity index (χ1) is 5.27. The monoisotopic (exact) mass is 154 g/mol. The minimum Gasteiger partial charge on any atom is -0.453 e. The Bertz CT molecular complexity index is 186. The van der Waals surface area contributed by atoms with Crippen LogP contribution in [0.25, 0.3) is 0 Å². The van der Waals surface area contributed by atoms with Gasteiger partial charge in [-0.05, 0) is 6.08 Å². The number of carbonyl (C=O) groups excluding carboxylic acids is 1. The second kappa shape index (κ2) is 3.34. The quantitative estimate of drug-likeness (QED) is 0.433. The normalized spacial score (nSPS) is 30.7. The fraction of sp³-hybridized carbons (Fsp3) is 0.375. The fourth-order valence-corrected chi connectivity index (χ4v) is 0.896. The molecule has 0 aliphatic carbocycles. The van der Waals surface area contributed by atoms with Crippen LogP contribution in [-0.4, -0.2) is 24.8 Å². The number of carbonyl (C=O) groups is 1. The van der Waals surface area contributed by atoms with Crippen molar-refractivity contribution in [3.63, 3.8) is 0 Å². The Balaban J connectivity index is 2.61. The highest BCUT2D eigenvalue weighted by atomic mass is 16.6. The van der Waals surface area contributed by atoms with E-state index in [2.05, 4.69) is 13.2 Å². The number of esters is 1. The summed E-state index contributed by atoms with van der Waals surface area (Å²) in [6, 6.07) is 0. The Morgan fingerprint density at radius 2 is 2.00 bits per heavy atom. The van der Waals surface area contributed by atoms with Crippen LogP contribution < -0.4 is 0 Å². The highest BCUT2D eigenvalue weighted by molar-refractivity contribution is 5.71. The molecule has 2 atom stereocenters. The topological polar surface area (TPSA) is 35.5 Å². The van der Waals surface area contributed by atoms with Gasteiger partial charge in [0.15, 0.2) is 0 Å². The Morgan fingerprint density at radius 3 is 2.55 bits per heavy atom. The predicted molar refractivity (Wildman–Crippen MR) is 40.0 cm³/mol. The van der Waals surface area contributed by atoms with Crippen LogP contribution in [-0.2, 0) is 14.3 Å². The first-order valence-electron chi connectivity index (χ1n) is 3.34. The van der Waals surface area contributed by atoms with Crippen molar-refractivity contribution < 1.29 is 14.3 Å². The molecule has 3 heteroatoms. The van der Waals surface area contributed by atoms with Crippen molar-refractivity contribution in [1.29, 1.82) is 0 Å². The third-order valence-corrected chi connectivity index (χ3v) is 1.45. The molecule has 60 valence electrons. The molecule has 0 radical (unpaired) electrons. The average Bonchev–Trinajstić information content (AvgIpc) is 2.04. The predicted octanol–water partition coefficient (Wildman–Crippen LogP) is 0.669. The van der Waals surface area contributed by atoms with E-state index in [0.29, 0.717) is 0 Å². The molecule has 1 aliphatic rings. The van der Waals surface area contributed by atoms with Crippen molar-refractivity contribution >= 4 is 5.97 Å². The van der Waals surface area contributed by atoms with Gasteiger partial charge in [0.05, 0.1) is 0 Å². The Morgan fingerprint density at radius 1 is 1.36 bits per heavy atom. The Hall–Kier alpha value is -1.09. The third-order valence-electron chi connectivity index (χ3n) is 1.45. The lowest BCUT2D eigenvalue weighted by molar-refractivity contribution is -0.172. The molecule has 0 spiro atoms. The summed E-state index contributed by atoms with van der Waals surface area (Å²) >= 11 is 0. The van der Waals surface area contributed by atoms with Gasteiger partial charge < -0.3 is 9.47 Å². The van der Waals surface area contributed by atoms with Crippen LogP contribution >= 0.6 is 0 Å². The van der Waals surface area contributed by atoms with Gasteiger partial charge in [-0.1, -0.05) is 12.7 Å². The molecule has 0 aromatic heterocycles. The highest BCUT2D eigenvalue weighted by Crippen LogP contribution is 2.12. The minimum atomic E-state index is -0.381. The molecule has 0 unspecified atom stereocenters. The smallest absolute Gasteiger partial charge is 0.332 e. The van der Waals surface area contributed by atoms with E-state index in [9.17, 15) is 4.79 Å². The van der Waals surface area contributed by atoms with Crippen molar-refractivity contribution in [2.24, 2.45) is 0 Å². The van der Waals surface area contributed by atoms with Crippen LogP contribution in [0.2, 0.25) is 0 Å². The zero-order valence-electron chi connectivity index (χ0n) is 6.16. The maximum Gasteiger partial charge on any atom is 0.332 e. The molecular weight excluding hydrogens is 144 g/mol. The Kier molecular flexibility index (Phi) is 2.44. The molecular formula is C8H10O3. The molecule has 1 aliphatic heterocycles. The lowest BCUT2D eigenvalue weighted by Crippen LogP contribution is -2.38. The largest absolute Gasteiger partial charge is 0.453 e. The van der Waals surface area contributed by atoms with Crippen LogP contribution in [0.1, 0.15) is 0 Å². The van der Waals surface area contributed by atoms with Crippen LogP contribution in [0.3, 0.4) is 0 Å². The van der Waals surface area contributed by atoms with Gasteiger partial charge in [0.25, 0.3) is 0 Å². The molecule has 0 N–H and O–H groups in total. The lowest BCUT2D eigenvalue weighted by Gasteiger charge is -2.26. The lowest BCUT2D eigenvalue weighted by atomic mass is 10.2. The van der Waals surface area contributed by atoms with E-state index in [0.717, 1.165) is 0 Å². The maximum atomic E-state index is 10.7. The summed E-state index contributed by atoms with van der Waals surface area (Å²) in [6.45, 7) is 7.06. The highest BCUT2D eigenvalue weighted by Gasteiger charge is 2.26. The van der Waals surface area contributed by atoms with Crippen molar-refractivity contribution in [2.75, 3.05) is 6.61 Å². The first kappa shape index (κ1) is 8.01. The molecule has 0 bridgehead atoms. The molecule has 1 heterocycles. The van der Waals surface area contributed by atoms with Crippen molar-refractivity contribution in [1.82, 2.24) is 0 Å². The van der Waals surface area contributed by atoms with Gasteiger partial charge in [-0.25, -0.2) is 4.79 Å². The molecule has 0 aromatic carbocycles. The van der Waals surface area contributed by atoms with Gasteiger partial charge >= 0.3 is 5.97 Å². The van der Waals surface area contributed by atoms with E-state index in [4.69, 9.17) is 9.47 Å². The van der Waals surface area contributed by atoms with Crippen molar-refractivity contribution in [3.05, 3.63) is 25.3 Å². The van der Waals surface area contributed by atoms with Crippen LogP contribution in [0.4, 0.5) is 0 Å². The molecule has 1 fully saturated rings. The first-order valence-corrected chi connectivity index (χ1v) is 3.34. The number of hydrogen-bond acceptors (Lipinski definition) is 3. The summed E-state index contributed by atoms with van der Waals surface area (Å²) in [4.78, 5) is 10.7. The summed E-state index contributed by atoms with van der Waals surface area (Å²) in [7, 11) is 0. The van der Waals surface area contributed by atoms with E-state index in [1.165, 1.54) is 6.08 Å². The molecule has 11 heavy (non-hydrogen) atoms. The van der Waals surface area contributed by atoms with Gasteiger partial charge in [0.1, 0.15) is 18.8 Å². The standard InChI is InChI=1S/C8H10O3/c1-3-6-7(4-2)11-8(9)5-10-6/h3-4,6-7H,1-2,5H2/t6-,7-/m1/s1. The van der Waals surface area contributed by atoms with Crippen LogP contribution in [0, 0.1) is 0 Å². The second-order valence-corrected chi connectivity index (χ2v) is 2.20. The number of cyclic esters (lactones) is 1. The van der Waals surface area contributed by atoms with Gasteiger partial charge in [-0.2, -0.15) is 0 Å². The zero-order valence-corrected chi connectivity index (χ0v) is 6.16. The van der Waals surface area contributed by atoms with Gasteiger partial charge in [0, 0.05) is 0 Å². The summed E-state index contributed by atoms with van der Waals surface area (Å²) in [5.74, 6) is -0.354. The molecule has 1 rings (SSSR count). The van der Waals surface area contributed by atoms with Gasteiger partial charge in [-0.3, -0.25) is 0 Å². The maximum absolute atomic E-state index is 10.7. The summed E-state index contributed by atoms with van der Waals surface area (Å²) in [5.41, 5.74) is 0. The van der Waals surface area contributed by atoms with E-state index in [1.807, 2.05) is 0 Å². The van der Waals surface area contributed by atoms with Crippen LogP contribution in [0.15, 0.2) is 25.3 Å². The number of ether oxygens (including phenoxy) is 2. The van der Waals surface area contributed by atoms with E-state index >= 15 is 0 Å². The molecule has 0 amide bonds. The Labute approximate surface area is 65.3 Å². The summed E-state index contributed by atoms with van der Waals surface area (Å²) in [6.07, 6.45) is 2.50. The van der Waals surface area contributed by atoms with Crippen molar-refractivity contribution in [2.45, 2.75) is 12.2 Å². The van der Waals surface area contributed by atoms with Crippen molar-refractivity contribution in [3.8, 4) is 0 Å². The summed E-state index contributed by atoms with van der Waals surface area (Å²) < 4.78 is 9.96. The minimum absolute atomic E-state index is 0.00102. The van der Waals surface area contributed by atoms with E-state index < -0.39 is 0 Å². The van der Waals surface area contributed by atoms with E-state index in [1.54, 1.807) is 6.08 Å². The van der Waals surface area contributed by atoms with Gasteiger partial charge in [-0.15, -0.1) is 6.58 Å². The van der Waals surface area contributed by atoms with E-state index in [-0.39, 0.29) is 24.8 Å². The molecule has 3 nitrogen and oxygen atoms in total. The molecule has 1 saturated heterocycles. The number of hydrogen-bond donors (Lipinski definition) is 0. The SMILES string of the molecule is C=C[C@H]1OCC(=O)O[C@@H]1C=C. The third kappa shape index (κ3) is 1.68. The molecule has 0 saturated carbocycles. The number of rotatable bonds is 2. The zero-order chi connectivity index (χ0) is 8.27. The fourth-order valence-electron chi connectivity index (χ4n) is 0.896. The second-order valence-electron chi connectivity index (χ2n) is 2.20. The van der Waals surface area contributed by atoms with Crippen LogP contribution in [0.5, 0.6) is 0 Å². The molecule has 0 aromatic rings. The average molecular weight is 154 g/mol. The van der Waals surface area contributed by atoms with Gasteiger partial charge in [0.2, 0.25) is 0 Å².